The summed E-state index contributed by atoms with van der Waals surface area (Å²) in [6.45, 7) is 1.52. The van der Waals surface area contributed by atoms with E-state index in [9.17, 15) is 14.9 Å². The molecule has 0 radical (unpaired) electrons. The average Bonchev–Trinajstić information content (AvgIpc) is 2.99. The molecule has 0 aromatic heterocycles. The quantitative estimate of drug-likeness (QED) is 0.676. The third kappa shape index (κ3) is 1.78. The topological polar surface area (TPSA) is 64.4 Å². The van der Waals surface area contributed by atoms with Crippen LogP contribution in [0.2, 0.25) is 0 Å². The molecule has 2 heterocycles. The summed E-state index contributed by atoms with van der Waals surface area (Å²) in [6.07, 6.45) is 5.15. The standard InChI is InChI=1S/C15H21N3O2/c1-17-8-6-15(11-16,7-9-17)18-12(19)10-14(13(18)20)4-2-3-5-14/h2-10H2,1H3. The first kappa shape index (κ1) is 13.6. The predicted octanol–water partition coefficient (Wildman–Crippen LogP) is 1.29. The number of carbonyl (C=O) groups is 2. The summed E-state index contributed by atoms with van der Waals surface area (Å²) in [6, 6.07) is 2.30. The molecule has 2 amide bonds. The first-order chi connectivity index (χ1) is 9.53. The summed E-state index contributed by atoms with van der Waals surface area (Å²) in [5.74, 6) is -0.186. The van der Waals surface area contributed by atoms with Gasteiger partial charge in [0.2, 0.25) is 11.8 Å². The second-order valence-electron chi connectivity index (χ2n) is 6.65. The molecule has 3 rings (SSSR count). The van der Waals surface area contributed by atoms with Crippen LogP contribution in [0.15, 0.2) is 0 Å². The highest BCUT2D eigenvalue weighted by Gasteiger charge is 2.58. The smallest absolute Gasteiger partial charge is 0.237 e. The summed E-state index contributed by atoms with van der Waals surface area (Å²) >= 11 is 0. The first-order valence-corrected chi connectivity index (χ1v) is 7.50. The Balaban J connectivity index is 1.91. The van der Waals surface area contributed by atoms with E-state index < -0.39 is 11.0 Å². The lowest BCUT2D eigenvalue weighted by Crippen LogP contribution is -2.57. The van der Waals surface area contributed by atoms with Crippen LogP contribution in [-0.4, -0.2) is 47.3 Å². The third-order valence-corrected chi connectivity index (χ3v) is 5.41. The molecule has 0 N–H and O–H groups in total. The first-order valence-electron chi connectivity index (χ1n) is 7.50. The number of piperidine rings is 1. The van der Waals surface area contributed by atoms with E-state index >= 15 is 0 Å². The fraction of sp³-hybridized carbons (Fsp3) is 0.800. The van der Waals surface area contributed by atoms with Crippen molar-refractivity contribution in [3.63, 3.8) is 0 Å². The molecule has 1 aliphatic carbocycles. The minimum Gasteiger partial charge on any atom is -0.306 e. The van der Waals surface area contributed by atoms with Gasteiger partial charge in [0.05, 0.1) is 11.5 Å². The molecule has 2 saturated heterocycles. The molecule has 0 atom stereocenters. The molecular formula is C15H21N3O2. The zero-order chi connectivity index (χ0) is 14.4. The van der Waals surface area contributed by atoms with Crippen molar-refractivity contribution in [2.45, 2.75) is 50.5 Å². The van der Waals surface area contributed by atoms with E-state index in [0.717, 1.165) is 38.8 Å². The third-order valence-electron chi connectivity index (χ3n) is 5.41. The van der Waals surface area contributed by atoms with Gasteiger partial charge < -0.3 is 4.90 Å². The number of amides is 2. The summed E-state index contributed by atoms with van der Waals surface area (Å²) < 4.78 is 0. The van der Waals surface area contributed by atoms with Gasteiger partial charge in [-0.2, -0.15) is 5.26 Å². The van der Waals surface area contributed by atoms with Crippen LogP contribution in [-0.2, 0) is 9.59 Å². The van der Waals surface area contributed by atoms with Gasteiger partial charge in [-0.05, 0) is 32.7 Å². The molecule has 0 unspecified atom stereocenters. The predicted molar refractivity (Wildman–Crippen MR) is 72.4 cm³/mol. The SMILES string of the molecule is CN1CCC(C#N)(N2C(=O)CC3(CCCC3)C2=O)CC1. The molecule has 5 heteroatoms. The number of hydrogen-bond acceptors (Lipinski definition) is 4. The second kappa shape index (κ2) is 4.56. The van der Waals surface area contributed by atoms with Gasteiger partial charge in [0.15, 0.2) is 0 Å². The van der Waals surface area contributed by atoms with Gasteiger partial charge in [0, 0.05) is 19.5 Å². The van der Waals surface area contributed by atoms with Gasteiger partial charge in [-0.3, -0.25) is 14.5 Å². The van der Waals surface area contributed by atoms with Crippen LogP contribution in [0.5, 0.6) is 0 Å². The monoisotopic (exact) mass is 275 g/mol. The fourth-order valence-corrected chi connectivity index (χ4v) is 4.04. The molecule has 5 nitrogen and oxygen atoms in total. The van der Waals surface area contributed by atoms with Gasteiger partial charge >= 0.3 is 0 Å². The minimum absolute atomic E-state index is 0.0638. The van der Waals surface area contributed by atoms with Crippen molar-refractivity contribution < 1.29 is 9.59 Å². The Kier molecular flexibility index (Phi) is 3.09. The Labute approximate surface area is 119 Å². The average molecular weight is 275 g/mol. The van der Waals surface area contributed by atoms with E-state index in [1.807, 2.05) is 7.05 Å². The van der Waals surface area contributed by atoms with E-state index in [4.69, 9.17) is 0 Å². The van der Waals surface area contributed by atoms with Crippen LogP contribution in [0.25, 0.3) is 0 Å². The molecule has 0 bridgehead atoms. The van der Waals surface area contributed by atoms with Gasteiger partial charge in [0.1, 0.15) is 5.54 Å². The summed E-state index contributed by atoms with van der Waals surface area (Å²) in [7, 11) is 2.01. The second-order valence-corrected chi connectivity index (χ2v) is 6.65. The lowest BCUT2D eigenvalue weighted by Gasteiger charge is -2.41. The van der Waals surface area contributed by atoms with Gasteiger partial charge in [-0.15, -0.1) is 0 Å². The maximum absolute atomic E-state index is 12.8. The molecule has 0 aromatic carbocycles. The van der Waals surface area contributed by atoms with Crippen LogP contribution in [0.1, 0.15) is 44.9 Å². The Morgan fingerprint density at radius 2 is 1.70 bits per heavy atom. The number of likely N-dealkylation sites (tertiary alicyclic amines) is 2. The van der Waals surface area contributed by atoms with Gasteiger partial charge in [0.25, 0.3) is 0 Å². The van der Waals surface area contributed by atoms with Crippen molar-refractivity contribution in [3.05, 3.63) is 0 Å². The highest BCUT2D eigenvalue weighted by Crippen LogP contribution is 2.49. The molecular weight excluding hydrogens is 254 g/mol. The zero-order valence-corrected chi connectivity index (χ0v) is 12.0. The lowest BCUT2D eigenvalue weighted by molar-refractivity contribution is -0.148. The molecule has 0 aromatic rings. The summed E-state index contributed by atoms with van der Waals surface area (Å²) in [5, 5.41) is 9.64. The Bertz CT molecular complexity index is 480. The van der Waals surface area contributed by atoms with Crippen molar-refractivity contribution in [2.24, 2.45) is 5.41 Å². The fourth-order valence-electron chi connectivity index (χ4n) is 4.04. The van der Waals surface area contributed by atoms with Crippen LogP contribution in [0.4, 0.5) is 0 Å². The highest BCUT2D eigenvalue weighted by molar-refractivity contribution is 6.07. The molecule has 3 fully saturated rings. The van der Waals surface area contributed by atoms with Gasteiger partial charge in [-0.25, -0.2) is 0 Å². The van der Waals surface area contributed by atoms with Crippen molar-refractivity contribution in [1.82, 2.24) is 9.80 Å². The highest BCUT2D eigenvalue weighted by atomic mass is 16.2. The number of nitrogens with zero attached hydrogens (tertiary/aromatic N) is 3. The summed E-state index contributed by atoms with van der Waals surface area (Å²) in [4.78, 5) is 28.8. The Morgan fingerprint density at radius 3 is 2.25 bits per heavy atom. The molecule has 1 spiro atoms. The van der Waals surface area contributed by atoms with Crippen molar-refractivity contribution in [3.8, 4) is 6.07 Å². The Hall–Kier alpha value is -1.41. The van der Waals surface area contributed by atoms with Crippen LogP contribution >= 0.6 is 0 Å². The maximum atomic E-state index is 12.8. The van der Waals surface area contributed by atoms with Crippen LogP contribution in [0, 0.1) is 16.7 Å². The number of imide groups is 1. The summed E-state index contributed by atoms with van der Waals surface area (Å²) in [5.41, 5.74) is -1.36. The van der Waals surface area contributed by atoms with Crippen molar-refractivity contribution >= 4 is 11.8 Å². The molecule has 3 aliphatic rings. The van der Waals surface area contributed by atoms with E-state index in [0.29, 0.717) is 19.3 Å². The number of nitriles is 1. The molecule has 2 aliphatic heterocycles. The van der Waals surface area contributed by atoms with Crippen molar-refractivity contribution in [2.75, 3.05) is 20.1 Å². The number of rotatable bonds is 1. The van der Waals surface area contributed by atoms with E-state index in [2.05, 4.69) is 11.0 Å². The largest absolute Gasteiger partial charge is 0.306 e. The molecule has 1 saturated carbocycles. The van der Waals surface area contributed by atoms with Gasteiger partial charge in [-0.1, -0.05) is 12.8 Å². The van der Waals surface area contributed by atoms with E-state index in [-0.39, 0.29) is 11.8 Å². The van der Waals surface area contributed by atoms with Crippen molar-refractivity contribution in [1.29, 1.82) is 5.26 Å². The number of hydrogen-bond donors (Lipinski definition) is 0. The molecule has 20 heavy (non-hydrogen) atoms. The molecule has 108 valence electrons. The minimum atomic E-state index is -0.896. The van der Waals surface area contributed by atoms with Crippen LogP contribution < -0.4 is 0 Å². The van der Waals surface area contributed by atoms with Crippen LogP contribution in [0.3, 0.4) is 0 Å². The maximum Gasteiger partial charge on any atom is 0.237 e. The lowest BCUT2D eigenvalue weighted by atomic mass is 9.83. The van der Waals surface area contributed by atoms with E-state index in [1.165, 1.54) is 4.90 Å². The van der Waals surface area contributed by atoms with E-state index in [1.54, 1.807) is 0 Å². The zero-order valence-electron chi connectivity index (χ0n) is 12.0. The normalized spacial score (nSPS) is 29.1. The Morgan fingerprint density at radius 1 is 1.10 bits per heavy atom. The number of carbonyl (C=O) groups excluding carboxylic acids is 2.